The van der Waals surface area contributed by atoms with Crippen LogP contribution in [0.4, 0.5) is 36.3 Å². The molecule has 1 atom stereocenters. The lowest BCUT2D eigenvalue weighted by atomic mass is 10.1. The highest BCUT2D eigenvalue weighted by molar-refractivity contribution is 5.97. The largest absolute Gasteiger partial charge is 0.405 e. The van der Waals surface area contributed by atoms with Gasteiger partial charge in [-0.2, -0.15) is 18.2 Å². The maximum atomic E-state index is 12.6. The number of carbonyl (C=O) groups excluding carboxylic acids is 2. The molecule has 33 heavy (non-hydrogen) atoms. The Balaban J connectivity index is 1.74. The van der Waals surface area contributed by atoms with E-state index in [2.05, 4.69) is 26.5 Å². The molecule has 0 saturated carbocycles. The average Bonchev–Trinajstić information content (AvgIpc) is 2.77. The lowest BCUT2D eigenvalue weighted by Crippen LogP contribution is -2.54. The number of anilines is 4. The van der Waals surface area contributed by atoms with Crippen molar-refractivity contribution >= 4 is 35.0 Å². The summed E-state index contributed by atoms with van der Waals surface area (Å²) in [5.74, 6) is 1.38. The Morgan fingerprint density at radius 3 is 2.55 bits per heavy atom. The Morgan fingerprint density at radius 1 is 1.27 bits per heavy atom. The lowest BCUT2D eigenvalue weighted by Gasteiger charge is -2.40. The van der Waals surface area contributed by atoms with Gasteiger partial charge in [-0.05, 0) is 24.3 Å². The van der Waals surface area contributed by atoms with Crippen LogP contribution >= 0.6 is 0 Å². The summed E-state index contributed by atoms with van der Waals surface area (Å²) in [5.41, 5.74) is 6.34. The smallest absolute Gasteiger partial charge is 0.365 e. The molecule has 1 aromatic heterocycles. The van der Waals surface area contributed by atoms with Crippen LogP contribution in [0.25, 0.3) is 0 Å². The highest BCUT2D eigenvalue weighted by Crippen LogP contribution is 2.25. The van der Waals surface area contributed by atoms with Crippen molar-refractivity contribution in [1.82, 2.24) is 14.9 Å². The van der Waals surface area contributed by atoms with Gasteiger partial charge < -0.3 is 26.2 Å². The molecule has 12 heteroatoms. The van der Waals surface area contributed by atoms with Crippen LogP contribution in [0.15, 0.2) is 30.5 Å². The molecule has 3 rings (SSSR count). The summed E-state index contributed by atoms with van der Waals surface area (Å²) in [4.78, 5) is 34.7. The summed E-state index contributed by atoms with van der Waals surface area (Å²) < 4.78 is 37.7. The van der Waals surface area contributed by atoms with E-state index in [0.29, 0.717) is 25.3 Å². The number of carbonyl (C=O) groups is 2. The van der Waals surface area contributed by atoms with Crippen LogP contribution in [-0.4, -0.2) is 65.1 Å². The van der Waals surface area contributed by atoms with Crippen LogP contribution < -0.4 is 21.3 Å². The fraction of sp³-hybridized carbons (Fsp3) is 0.333. The molecule has 0 unspecified atom stereocenters. The highest BCUT2D eigenvalue weighted by atomic mass is 19.4. The normalized spacial score (nSPS) is 16.2. The SMILES string of the molecule is C#C[C@H]1CN(C(C)=O)CCN1c1ccc(Nc2ncc(C(N)=O)c(NCC(F)(F)F)n2)cc1. The second kappa shape index (κ2) is 9.64. The predicted molar refractivity (Wildman–Crippen MR) is 117 cm³/mol. The number of rotatable bonds is 6. The molecule has 0 radical (unpaired) electrons. The van der Waals surface area contributed by atoms with Gasteiger partial charge in [0, 0.05) is 37.6 Å². The molecule has 174 valence electrons. The number of amides is 2. The molecule has 2 amide bonds. The zero-order valence-corrected chi connectivity index (χ0v) is 17.7. The van der Waals surface area contributed by atoms with Gasteiger partial charge in [-0.25, -0.2) is 4.98 Å². The van der Waals surface area contributed by atoms with Crippen molar-refractivity contribution in [2.75, 3.05) is 41.7 Å². The number of primary amides is 1. The Morgan fingerprint density at radius 2 is 1.97 bits per heavy atom. The summed E-state index contributed by atoms with van der Waals surface area (Å²) in [5, 5.41) is 4.94. The van der Waals surface area contributed by atoms with Gasteiger partial charge in [-0.15, -0.1) is 6.42 Å². The number of aromatic nitrogens is 2. The second-order valence-electron chi connectivity index (χ2n) is 7.30. The zero-order chi connectivity index (χ0) is 24.2. The number of halogens is 3. The topological polar surface area (TPSA) is 116 Å². The van der Waals surface area contributed by atoms with Crippen LogP contribution in [0.3, 0.4) is 0 Å². The van der Waals surface area contributed by atoms with Crippen molar-refractivity contribution in [2.45, 2.75) is 19.1 Å². The Bertz CT molecular complexity index is 1070. The van der Waals surface area contributed by atoms with E-state index in [0.717, 1.165) is 11.9 Å². The van der Waals surface area contributed by atoms with E-state index in [-0.39, 0.29) is 29.3 Å². The molecule has 1 aromatic carbocycles. The van der Waals surface area contributed by atoms with Gasteiger partial charge >= 0.3 is 6.18 Å². The number of alkyl halides is 3. The second-order valence-corrected chi connectivity index (χ2v) is 7.30. The maximum Gasteiger partial charge on any atom is 0.405 e. The van der Waals surface area contributed by atoms with Crippen molar-refractivity contribution in [1.29, 1.82) is 0 Å². The molecule has 0 bridgehead atoms. The zero-order valence-electron chi connectivity index (χ0n) is 17.7. The van der Waals surface area contributed by atoms with Gasteiger partial charge in [0.2, 0.25) is 11.9 Å². The third kappa shape index (κ3) is 6.03. The molecule has 1 aliphatic heterocycles. The molecule has 1 fully saturated rings. The summed E-state index contributed by atoms with van der Waals surface area (Å²) in [7, 11) is 0. The standard InChI is InChI=1S/C21H22F3N7O2/c1-3-15-11-30(13(2)32)8-9-31(15)16-6-4-14(5-7-16)28-20-26-10-17(18(25)33)19(29-20)27-12-21(22,23)24/h1,4-7,10,15H,8-9,11-12H2,2H3,(H2,25,33)(H2,26,27,28,29)/t15-/m0/s1. The molecule has 4 N–H and O–H groups in total. The number of nitrogens with one attached hydrogen (secondary N) is 2. The number of hydrogen-bond acceptors (Lipinski definition) is 7. The molecule has 0 aliphatic carbocycles. The third-order valence-corrected chi connectivity index (χ3v) is 4.98. The number of hydrogen-bond donors (Lipinski definition) is 3. The number of piperazine rings is 1. The number of benzene rings is 1. The molecular formula is C21H22F3N7O2. The first kappa shape index (κ1) is 23.6. The predicted octanol–water partition coefficient (Wildman–Crippen LogP) is 1.96. The minimum Gasteiger partial charge on any atom is -0.365 e. The molecular weight excluding hydrogens is 439 g/mol. The first-order valence-corrected chi connectivity index (χ1v) is 9.90. The summed E-state index contributed by atoms with van der Waals surface area (Å²) in [6.07, 6.45) is 2.20. The quantitative estimate of drug-likeness (QED) is 0.563. The Hall–Kier alpha value is -4.01. The van der Waals surface area contributed by atoms with Crippen LogP contribution in [0.5, 0.6) is 0 Å². The maximum absolute atomic E-state index is 12.6. The average molecular weight is 461 g/mol. The Labute approximate surface area is 188 Å². The van der Waals surface area contributed by atoms with Crippen LogP contribution in [0.2, 0.25) is 0 Å². The van der Waals surface area contributed by atoms with Crippen LogP contribution in [0, 0.1) is 12.3 Å². The van der Waals surface area contributed by atoms with E-state index < -0.39 is 18.6 Å². The summed E-state index contributed by atoms with van der Waals surface area (Å²) >= 11 is 0. The summed E-state index contributed by atoms with van der Waals surface area (Å²) in [6.45, 7) is 1.69. The van der Waals surface area contributed by atoms with Gasteiger partial charge in [0.15, 0.2) is 0 Å². The monoisotopic (exact) mass is 461 g/mol. The molecule has 9 nitrogen and oxygen atoms in total. The van der Waals surface area contributed by atoms with Crippen LogP contribution in [-0.2, 0) is 4.79 Å². The Kier molecular flexibility index (Phi) is 6.91. The lowest BCUT2D eigenvalue weighted by molar-refractivity contribution is -0.129. The summed E-state index contributed by atoms with van der Waals surface area (Å²) in [6, 6.07) is 6.82. The van der Waals surface area contributed by atoms with Crippen molar-refractivity contribution < 1.29 is 22.8 Å². The number of terminal acetylenes is 1. The molecule has 0 spiro atoms. The van der Waals surface area contributed by atoms with Crippen molar-refractivity contribution in [2.24, 2.45) is 5.73 Å². The van der Waals surface area contributed by atoms with Gasteiger partial charge in [0.05, 0.1) is 12.1 Å². The molecule has 2 aromatic rings. The third-order valence-electron chi connectivity index (χ3n) is 4.98. The first-order chi connectivity index (χ1) is 15.6. The number of nitrogens with two attached hydrogens (primary N) is 1. The van der Waals surface area contributed by atoms with Crippen LogP contribution in [0.1, 0.15) is 17.3 Å². The van der Waals surface area contributed by atoms with E-state index in [1.165, 1.54) is 6.92 Å². The van der Waals surface area contributed by atoms with E-state index in [1.54, 1.807) is 17.0 Å². The minimum absolute atomic E-state index is 0.0194. The van der Waals surface area contributed by atoms with Gasteiger partial charge in [0.1, 0.15) is 18.4 Å². The van der Waals surface area contributed by atoms with E-state index >= 15 is 0 Å². The fourth-order valence-electron chi connectivity index (χ4n) is 3.33. The first-order valence-electron chi connectivity index (χ1n) is 9.90. The van der Waals surface area contributed by atoms with Crippen molar-refractivity contribution in [3.05, 3.63) is 36.0 Å². The van der Waals surface area contributed by atoms with Gasteiger partial charge in [-0.3, -0.25) is 9.59 Å². The fourth-order valence-corrected chi connectivity index (χ4v) is 3.33. The van der Waals surface area contributed by atoms with E-state index in [4.69, 9.17) is 12.2 Å². The highest BCUT2D eigenvalue weighted by Gasteiger charge is 2.28. The number of nitrogens with zero attached hydrogens (tertiary/aromatic N) is 4. The van der Waals surface area contributed by atoms with Gasteiger partial charge in [-0.1, -0.05) is 5.92 Å². The van der Waals surface area contributed by atoms with Crippen molar-refractivity contribution in [3.63, 3.8) is 0 Å². The molecule has 1 saturated heterocycles. The molecule has 1 aliphatic rings. The van der Waals surface area contributed by atoms with E-state index in [9.17, 15) is 22.8 Å². The van der Waals surface area contributed by atoms with E-state index in [1.807, 2.05) is 17.0 Å². The molecule has 2 heterocycles. The minimum atomic E-state index is -4.50. The van der Waals surface area contributed by atoms with Gasteiger partial charge in [0.25, 0.3) is 5.91 Å². The van der Waals surface area contributed by atoms with Crippen molar-refractivity contribution in [3.8, 4) is 12.3 Å².